The molecule has 0 aliphatic carbocycles. The zero-order valence-electron chi connectivity index (χ0n) is 19.7. The highest BCUT2D eigenvalue weighted by molar-refractivity contribution is 6.05. The number of anilines is 3. The molecular weight excluding hydrogens is 469 g/mol. The Morgan fingerprint density at radius 3 is 2.31 bits per heavy atom. The van der Waals surface area contributed by atoms with E-state index in [9.17, 15) is 23.9 Å². The number of hydrogen-bond donors (Lipinski definition) is 3. The van der Waals surface area contributed by atoms with Crippen molar-refractivity contribution < 1.29 is 28.6 Å². The molecule has 1 aliphatic rings. The fraction of sp³-hybridized carbons (Fsp3) is 0.280. The van der Waals surface area contributed by atoms with Crippen molar-refractivity contribution in [1.29, 1.82) is 0 Å². The van der Waals surface area contributed by atoms with Crippen molar-refractivity contribution in [2.45, 2.75) is 0 Å². The van der Waals surface area contributed by atoms with Crippen molar-refractivity contribution in [3.63, 3.8) is 0 Å². The highest BCUT2D eigenvalue weighted by Gasteiger charge is 2.22. The Morgan fingerprint density at radius 1 is 0.972 bits per heavy atom. The van der Waals surface area contributed by atoms with Gasteiger partial charge in [-0.05, 0) is 48.5 Å². The van der Waals surface area contributed by atoms with Gasteiger partial charge in [-0.2, -0.15) is 0 Å². The number of piperazine rings is 1. The molecule has 0 unspecified atom stereocenters. The summed E-state index contributed by atoms with van der Waals surface area (Å²) in [7, 11) is 1.41. The second kappa shape index (κ2) is 11.1. The van der Waals surface area contributed by atoms with Gasteiger partial charge in [0.15, 0.2) is 0 Å². The number of halogens is 1. The van der Waals surface area contributed by atoms with E-state index in [-0.39, 0.29) is 36.3 Å². The van der Waals surface area contributed by atoms with Gasteiger partial charge in [0.1, 0.15) is 18.2 Å². The number of amides is 2. The number of aromatic nitrogens is 1. The normalized spacial score (nSPS) is 14.0. The first-order chi connectivity index (χ1) is 17.3. The zero-order chi connectivity index (χ0) is 25.7. The van der Waals surface area contributed by atoms with Crippen LogP contribution in [0.1, 0.15) is 10.4 Å². The van der Waals surface area contributed by atoms with Gasteiger partial charge in [0, 0.05) is 50.0 Å². The number of nitrogens with zero attached hydrogens (tertiary/aromatic N) is 3. The van der Waals surface area contributed by atoms with E-state index in [4.69, 9.17) is 4.74 Å². The SMILES string of the molecule is COCC(=O)Nc1ccc2nc(N3CCN(CC(=O)Nc4ccc(F)cc4)CC3)cc(C(=O)O)c2c1. The maximum Gasteiger partial charge on any atom is 0.336 e. The number of carbonyl (C=O) groups is 3. The van der Waals surface area contributed by atoms with Crippen LogP contribution in [0.4, 0.5) is 21.6 Å². The number of nitrogens with one attached hydrogen (secondary N) is 2. The average Bonchev–Trinajstić information content (AvgIpc) is 2.85. The Labute approximate surface area is 206 Å². The molecule has 0 spiro atoms. The van der Waals surface area contributed by atoms with Gasteiger partial charge < -0.3 is 25.4 Å². The molecule has 0 saturated carbocycles. The lowest BCUT2D eigenvalue weighted by molar-refractivity contribution is -0.119. The Kier molecular flexibility index (Phi) is 7.71. The van der Waals surface area contributed by atoms with Crippen molar-refractivity contribution in [1.82, 2.24) is 9.88 Å². The Balaban J connectivity index is 1.42. The molecule has 2 aromatic carbocycles. The molecule has 0 bridgehead atoms. The first kappa shape index (κ1) is 25.0. The van der Waals surface area contributed by atoms with Crippen LogP contribution >= 0.6 is 0 Å². The van der Waals surface area contributed by atoms with Gasteiger partial charge in [-0.1, -0.05) is 0 Å². The lowest BCUT2D eigenvalue weighted by Crippen LogP contribution is -2.49. The fourth-order valence-electron chi connectivity index (χ4n) is 4.03. The minimum Gasteiger partial charge on any atom is -0.478 e. The molecule has 1 fully saturated rings. The minimum atomic E-state index is -1.10. The number of carboxylic acids is 1. The molecule has 11 heteroatoms. The summed E-state index contributed by atoms with van der Waals surface area (Å²) in [6.07, 6.45) is 0. The number of ether oxygens (including phenoxy) is 1. The van der Waals surface area contributed by atoms with E-state index in [0.29, 0.717) is 54.3 Å². The van der Waals surface area contributed by atoms with Crippen molar-refractivity contribution in [2.24, 2.45) is 0 Å². The summed E-state index contributed by atoms with van der Waals surface area (Å²) in [6, 6.07) is 12.0. The molecule has 10 nitrogen and oxygen atoms in total. The third-order valence-electron chi connectivity index (χ3n) is 5.78. The van der Waals surface area contributed by atoms with Gasteiger partial charge >= 0.3 is 5.97 Å². The molecule has 3 aromatic rings. The van der Waals surface area contributed by atoms with Crippen molar-refractivity contribution >= 4 is 45.9 Å². The summed E-state index contributed by atoms with van der Waals surface area (Å²) in [5.74, 6) is -1.47. The number of carboxylic acid groups (broad SMARTS) is 1. The van der Waals surface area contributed by atoms with Crippen LogP contribution in [-0.4, -0.2) is 79.2 Å². The molecule has 1 aliphatic heterocycles. The smallest absolute Gasteiger partial charge is 0.336 e. The van der Waals surface area contributed by atoms with Crippen LogP contribution < -0.4 is 15.5 Å². The molecule has 0 atom stereocenters. The summed E-state index contributed by atoms with van der Waals surface area (Å²) in [4.78, 5) is 44.8. The number of benzene rings is 2. The van der Waals surface area contributed by atoms with Crippen LogP contribution in [-0.2, 0) is 14.3 Å². The monoisotopic (exact) mass is 495 g/mol. The number of pyridine rings is 1. The number of rotatable bonds is 8. The van der Waals surface area contributed by atoms with Gasteiger partial charge in [0.25, 0.3) is 0 Å². The van der Waals surface area contributed by atoms with Crippen molar-refractivity contribution in [3.8, 4) is 0 Å². The lowest BCUT2D eigenvalue weighted by Gasteiger charge is -2.35. The van der Waals surface area contributed by atoms with Crippen LogP contribution in [0.5, 0.6) is 0 Å². The number of carbonyl (C=O) groups excluding carboxylic acids is 2. The summed E-state index contributed by atoms with van der Waals surface area (Å²) < 4.78 is 17.8. The van der Waals surface area contributed by atoms with Crippen LogP contribution in [0, 0.1) is 5.82 Å². The van der Waals surface area contributed by atoms with Crippen LogP contribution in [0.25, 0.3) is 10.9 Å². The van der Waals surface area contributed by atoms with Gasteiger partial charge in [0.2, 0.25) is 11.8 Å². The third-order valence-corrected chi connectivity index (χ3v) is 5.78. The standard InChI is InChI=1S/C25H26FN5O5/c1-36-15-24(33)28-18-6-7-21-19(12-18)20(25(34)35)13-22(29-21)31-10-8-30(9-11-31)14-23(32)27-17-4-2-16(26)3-5-17/h2-7,12-13H,8-11,14-15H2,1H3,(H,27,32)(H,28,33)(H,34,35). The summed E-state index contributed by atoms with van der Waals surface area (Å²) in [6.45, 7) is 2.38. The van der Waals surface area contributed by atoms with Gasteiger partial charge in [-0.15, -0.1) is 0 Å². The molecule has 3 N–H and O–H groups in total. The number of hydrogen-bond acceptors (Lipinski definition) is 7. The topological polar surface area (TPSA) is 124 Å². The molecule has 2 amide bonds. The number of aromatic carboxylic acids is 1. The van der Waals surface area contributed by atoms with E-state index < -0.39 is 5.97 Å². The predicted molar refractivity (Wildman–Crippen MR) is 133 cm³/mol. The highest BCUT2D eigenvalue weighted by Crippen LogP contribution is 2.27. The molecule has 2 heterocycles. The molecule has 36 heavy (non-hydrogen) atoms. The number of methoxy groups -OCH3 is 1. The second-order valence-electron chi connectivity index (χ2n) is 8.36. The van der Waals surface area contributed by atoms with E-state index in [1.165, 1.54) is 37.4 Å². The van der Waals surface area contributed by atoms with E-state index in [0.717, 1.165) is 0 Å². The van der Waals surface area contributed by atoms with Gasteiger partial charge in [-0.25, -0.2) is 14.2 Å². The molecule has 0 radical (unpaired) electrons. The third kappa shape index (κ3) is 6.12. The largest absolute Gasteiger partial charge is 0.478 e. The quantitative estimate of drug-likeness (QED) is 0.435. The van der Waals surface area contributed by atoms with Crippen molar-refractivity contribution in [2.75, 3.05) is 62.0 Å². The second-order valence-corrected chi connectivity index (χ2v) is 8.36. The molecule has 4 rings (SSSR count). The van der Waals surface area contributed by atoms with Gasteiger partial charge in [-0.3, -0.25) is 14.5 Å². The van der Waals surface area contributed by atoms with E-state index in [2.05, 4.69) is 15.6 Å². The van der Waals surface area contributed by atoms with E-state index in [1.54, 1.807) is 18.2 Å². The maximum atomic E-state index is 13.0. The van der Waals surface area contributed by atoms with Crippen LogP contribution in [0.2, 0.25) is 0 Å². The molecule has 188 valence electrons. The maximum absolute atomic E-state index is 13.0. The van der Waals surface area contributed by atoms with Crippen LogP contribution in [0.15, 0.2) is 48.5 Å². The first-order valence-corrected chi connectivity index (χ1v) is 11.3. The summed E-state index contributed by atoms with van der Waals surface area (Å²) in [5, 5.41) is 15.6. The Morgan fingerprint density at radius 2 is 1.64 bits per heavy atom. The minimum absolute atomic E-state index is 0.0824. The fourth-order valence-corrected chi connectivity index (χ4v) is 4.03. The first-order valence-electron chi connectivity index (χ1n) is 11.3. The average molecular weight is 496 g/mol. The Hall–Kier alpha value is -4.09. The summed E-state index contributed by atoms with van der Waals surface area (Å²) in [5.41, 5.74) is 1.56. The summed E-state index contributed by atoms with van der Waals surface area (Å²) >= 11 is 0. The predicted octanol–water partition coefficient (Wildman–Crippen LogP) is 2.42. The van der Waals surface area contributed by atoms with E-state index >= 15 is 0 Å². The zero-order valence-corrected chi connectivity index (χ0v) is 19.7. The molecular formula is C25H26FN5O5. The molecule has 1 saturated heterocycles. The Bertz CT molecular complexity index is 1280. The number of fused-ring (bicyclic) bond motifs is 1. The van der Waals surface area contributed by atoms with E-state index in [1.807, 2.05) is 9.80 Å². The van der Waals surface area contributed by atoms with Gasteiger partial charge in [0.05, 0.1) is 17.6 Å². The molecule has 1 aromatic heterocycles. The highest BCUT2D eigenvalue weighted by atomic mass is 19.1. The van der Waals surface area contributed by atoms with Crippen LogP contribution in [0.3, 0.4) is 0 Å². The lowest BCUT2D eigenvalue weighted by atomic mass is 10.1. The van der Waals surface area contributed by atoms with Crippen molar-refractivity contribution in [3.05, 3.63) is 59.9 Å².